The lowest BCUT2D eigenvalue weighted by atomic mass is 9.94. The fourth-order valence-electron chi connectivity index (χ4n) is 3.86. The summed E-state index contributed by atoms with van der Waals surface area (Å²) in [5.41, 5.74) is 4.80. The summed E-state index contributed by atoms with van der Waals surface area (Å²) in [5.74, 6) is 1.01. The first-order chi connectivity index (χ1) is 14.1. The van der Waals surface area contributed by atoms with Crippen molar-refractivity contribution in [2.45, 2.75) is 62.9 Å². The van der Waals surface area contributed by atoms with E-state index in [-0.39, 0.29) is 16.9 Å². The number of thiophene rings is 1. The molecule has 2 atom stereocenters. The van der Waals surface area contributed by atoms with Crippen molar-refractivity contribution >= 4 is 29.0 Å². The standard InChI is InChI=1S/C22H28N2O3S2/c1-16-7-8-17(15-23-16)18-9-10-19(29-18)22(11-3-5-13-28-22)14-20(25)24-27-21-6-2-4-12-26-21/h7-10,15,21H,2-6,11-14H2,1H3,(H,24,25)/t21?,22-/m0/s1. The van der Waals surface area contributed by atoms with Gasteiger partial charge in [-0.25, -0.2) is 10.3 Å². The van der Waals surface area contributed by atoms with Gasteiger partial charge in [0.25, 0.3) is 0 Å². The monoisotopic (exact) mass is 432 g/mol. The average molecular weight is 433 g/mol. The molecular weight excluding hydrogens is 404 g/mol. The lowest BCUT2D eigenvalue weighted by Gasteiger charge is -2.35. The van der Waals surface area contributed by atoms with E-state index < -0.39 is 0 Å². The second-order valence-electron chi connectivity index (χ2n) is 7.77. The van der Waals surface area contributed by atoms with Crippen LogP contribution < -0.4 is 5.48 Å². The van der Waals surface area contributed by atoms with Gasteiger partial charge in [-0.05, 0) is 56.6 Å². The molecule has 0 spiro atoms. The van der Waals surface area contributed by atoms with Gasteiger partial charge in [0.2, 0.25) is 5.91 Å². The molecule has 2 aliphatic heterocycles. The first kappa shape index (κ1) is 20.8. The molecule has 4 rings (SSSR count). The number of carbonyl (C=O) groups is 1. The van der Waals surface area contributed by atoms with E-state index in [4.69, 9.17) is 9.57 Å². The number of aromatic nitrogens is 1. The predicted molar refractivity (Wildman–Crippen MR) is 118 cm³/mol. The lowest BCUT2D eigenvalue weighted by Crippen LogP contribution is -2.37. The van der Waals surface area contributed by atoms with Crippen molar-refractivity contribution in [1.82, 2.24) is 10.5 Å². The Morgan fingerprint density at radius 2 is 2.21 bits per heavy atom. The van der Waals surface area contributed by atoms with Gasteiger partial charge in [-0.2, -0.15) is 0 Å². The Balaban J connectivity index is 1.46. The first-order valence-electron chi connectivity index (χ1n) is 10.4. The second kappa shape index (κ2) is 9.60. The summed E-state index contributed by atoms with van der Waals surface area (Å²) in [6.45, 7) is 2.70. The minimum Gasteiger partial charge on any atom is -0.350 e. The van der Waals surface area contributed by atoms with E-state index in [1.807, 2.05) is 30.9 Å². The summed E-state index contributed by atoms with van der Waals surface area (Å²) in [5, 5.41) is 0. The maximum absolute atomic E-state index is 12.7. The van der Waals surface area contributed by atoms with Gasteiger partial charge in [-0.3, -0.25) is 9.78 Å². The number of thioether (sulfide) groups is 1. The van der Waals surface area contributed by atoms with Gasteiger partial charge in [-0.1, -0.05) is 12.5 Å². The zero-order chi connectivity index (χ0) is 20.1. The Morgan fingerprint density at radius 1 is 1.28 bits per heavy atom. The molecule has 4 heterocycles. The van der Waals surface area contributed by atoms with Crippen LogP contribution in [0.5, 0.6) is 0 Å². The molecule has 0 aliphatic carbocycles. The molecule has 2 aromatic heterocycles. The minimum atomic E-state index is -0.315. The van der Waals surface area contributed by atoms with Crippen molar-refractivity contribution in [3.8, 4) is 10.4 Å². The van der Waals surface area contributed by atoms with E-state index in [0.717, 1.165) is 49.1 Å². The van der Waals surface area contributed by atoms with Crippen molar-refractivity contribution < 1.29 is 14.4 Å². The van der Waals surface area contributed by atoms with Crippen molar-refractivity contribution in [3.63, 3.8) is 0 Å². The van der Waals surface area contributed by atoms with E-state index in [1.54, 1.807) is 11.3 Å². The SMILES string of the molecule is Cc1ccc(-c2ccc([C@@]3(CC(=O)NOC4CCCCO4)CCCCS3)s2)cn1. The molecule has 0 radical (unpaired) electrons. The molecule has 1 N–H and O–H groups in total. The third kappa shape index (κ3) is 5.20. The molecule has 0 aromatic carbocycles. The van der Waals surface area contributed by atoms with Crippen molar-refractivity contribution in [1.29, 1.82) is 0 Å². The topological polar surface area (TPSA) is 60.5 Å². The molecule has 156 valence electrons. The van der Waals surface area contributed by atoms with E-state index in [2.05, 4.69) is 28.7 Å². The highest BCUT2D eigenvalue weighted by atomic mass is 32.2. The quantitative estimate of drug-likeness (QED) is 0.636. The summed E-state index contributed by atoms with van der Waals surface area (Å²) >= 11 is 3.69. The molecule has 1 unspecified atom stereocenters. The maximum atomic E-state index is 12.7. The number of amides is 1. The van der Waals surface area contributed by atoms with E-state index in [9.17, 15) is 4.79 Å². The number of nitrogens with one attached hydrogen (secondary N) is 1. The van der Waals surface area contributed by atoms with E-state index in [0.29, 0.717) is 13.0 Å². The van der Waals surface area contributed by atoms with Crippen molar-refractivity contribution in [2.24, 2.45) is 0 Å². The van der Waals surface area contributed by atoms with Crippen molar-refractivity contribution in [2.75, 3.05) is 12.4 Å². The fourth-order valence-corrected chi connectivity index (χ4v) is 6.74. The average Bonchev–Trinajstić information content (AvgIpc) is 3.25. The van der Waals surface area contributed by atoms with Gasteiger partial charge in [0.1, 0.15) is 0 Å². The zero-order valence-corrected chi connectivity index (χ0v) is 18.4. The number of nitrogens with zero attached hydrogens (tertiary/aromatic N) is 1. The van der Waals surface area contributed by atoms with Crippen LogP contribution in [0.4, 0.5) is 0 Å². The van der Waals surface area contributed by atoms with Gasteiger partial charge in [0.15, 0.2) is 6.29 Å². The summed E-state index contributed by atoms with van der Waals surface area (Å²) in [6, 6.07) is 8.51. The van der Waals surface area contributed by atoms with E-state index >= 15 is 0 Å². The van der Waals surface area contributed by atoms with Crippen molar-refractivity contribution in [3.05, 3.63) is 41.0 Å². The highest BCUT2D eigenvalue weighted by Crippen LogP contribution is 2.50. The summed E-state index contributed by atoms with van der Waals surface area (Å²) in [6.07, 6.45) is 8.37. The van der Waals surface area contributed by atoms with Crippen LogP contribution in [0.15, 0.2) is 30.5 Å². The van der Waals surface area contributed by atoms with Crippen LogP contribution in [0.25, 0.3) is 10.4 Å². The second-order valence-corrected chi connectivity index (χ2v) is 10.3. The number of ether oxygens (including phenoxy) is 1. The Morgan fingerprint density at radius 3 is 2.93 bits per heavy atom. The summed E-state index contributed by atoms with van der Waals surface area (Å²) in [4.78, 5) is 25.1. The fraction of sp³-hybridized carbons (Fsp3) is 0.545. The normalized spacial score (nSPS) is 24.9. The highest BCUT2D eigenvalue weighted by Gasteiger charge is 2.38. The third-order valence-corrected chi connectivity index (χ3v) is 8.57. The van der Waals surface area contributed by atoms with Crippen LogP contribution in [-0.2, 0) is 19.1 Å². The third-order valence-electron chi connectivity index (χ3n) is 5.49. The van der Waals surface area contributed by atoms with Crippen LogP contribution in [0.3, 0.4) is 0 Å². The van der Waals surface area contributed by atoms with Crippen LogP contribution in [0.1, 0.15) is 55.5 Å². The predicted octanol–water partition coefficient (Wildman–Crippen LogP) is 5.20. The molecule has 2 aromatic rings. The number of rotatable bonds is 6. The van der Waals surface area contributed by atoms with Gasteiger partial charge in [0.05, 0.1) is 4.75 Å². The number of hydrogen-bond donors (Lipinski definition) is 1. The van der Waals surface area contributed by atoms with Gasteiger partial charge < -0.3 is 4.74 Å². The van der Waals surface area contributed by atoms with E-state index in [1.165, 1.54) is 16.2 Å². The van der Waals surface area contributed by atoms with Gasteiger partial charge in [0, 0.05) is 46.7 Å². The molecule has 2 saturated heterocycles. The van der Waals surface area contributed by atoms with Crippen LogP contribution in [0, 0.1) is 6.92 Å². The van der Waals surface area contributed by atoms with Gasteiger partial charge >= 0.3 is 0 Å². The maximum Gasteiger partial charge on any atom is 0.245 e. The molecular formula is C22H28N2O3S2. The van der Waals surface area contributed by atoms with Gasteiger partial charge in [-0.15, -0.1) is 23.1 Å². The molecule has 2 aliphatic rings. The summed E-state index contributed by atoms with van der Waals surface area (Å²) < 4.78 is 5.36. The molecule has 0 saturated carbocycles. The number of pyridine rings is 1. The number of hydrogen-bond acceptors (Lipinski definition) is 6. The molecule has 1 amide bonds. The zero-order valence-electron chi connectivity index (χ0n) is 16.8. The highest BCUT2D eigenvalue weighted by molar-refractivity contribution is 8.00. The summed E-state index contributed by atoms with van der Waals surface area (Å²) in [7, 11) is 0. The Hall–Kier alpha value is -1.41. The number of hydroxylamine groups is 1. The van der Waals surface area contributed by atoms with Crippen LogP contribution in [0.2, 0.25) is 0 Å². The molecule has 7 heteroatoms. The number of aryl methyl sites for hydroxylation is 1. The lowest BCUT2D eigenvalue weighted by molar-refractivity contribution is -0.200. The van der Waals surface area contributed by atoms with Crippen LogP contribution >= 0.6 is 23.1 Å². The van der Waals surface area contributed by atoms with Crippen LogP contribution in [-0.4, -0.2) is 29.5 Å². The minimum absolute atomic E-state index is 0.0690. The Bertz CT molecular complexity index is 810. The molecule has 29 heavy (non-hydrogen) atoms. The molecule has 0 bridgehead atoms. The first-order valence-corrected chi connectivity index (χ1v) is 12.2. The Kier molecular flexibility index (Phi) is 6.90. The molecule has 2 fully saturated rings. The molecule has 5 nitrogen and oxygen atoms in total. The smallest absolute Gasteiger partial charge is 0.245 e. The Labute approximate surface area is 180 Å². The number of carbonyl (C=O) groups excluding carboxylic acids is 1. The largest absolute Gasteiger partial charge is 0.350 e.